The minimum atomic E-state index is 0.802. The van der Waals surface area contributed by atoms with Crippen LogP contribution in [-0.2, 0) is 6.42 Å². The van der Waals surface area contributed by atoms with Gasteiger partial charge in [-0.25, -0.2) is 0 Å². The van der Waals surface area contributed by atoms with E-state index in [9.17, 15) is 0 Å². The zero-order valence-electron chi connectivity index (χ0n) is 10.1. The first-order valence-corrected chi connectivity index (χ1v) is 6.49. The Morgan fingerprint density at radius 2 is 2.29 bits per heavy atom. The number of rotatable bonds is 3. The molecule has 1 saturated heterocycles. The number of para-hydroxylation sites is 1. The summed E-state index contributed by atoms with van der Waals surface area (Å²) in [4.78, 5) is 6.58. The van der Waals surface area contributed by atoms with E-state index in [1.165, 1.54) is 37.2 Å². The van der Waals surface area contributed by atoms with E-state index in [2.05, 4.69) is 39.5 Å². The molecule has 2 aliphatic heterocycles. The van der Waals surface area contributed by atoms with Gasteiger partial charge in [-0.3, -0.25) is 4.99 Å². The quantitative estimate of drug-likeness (QED) is 0.854. The van der Waals surface area contributed by atoms with E-state index in [0.29, 0.717) is 0 Å². The summed E-state index contributed by atoms with van der Waals surface area (Å²) in [6.07, 6.45) is 4.47. The van der Waals surface area contributed by atoms with Crippen LogP contribution in [0.5, 0.6) is 0 Å². The third kappa shape index (κ3) is 2.34. The Kier molecular flexibility index (Phi) is 3.10. The highest BCUT2D eigenvalue weighted by molar-refractivity contribution is 5.82. The Hall–Kier alpha value is -1.35. The minimum absolute atomic E-state index is 0.802. The monoisotopic (exact) mass is 229 g/mol. The van der Waals surface area contributed by atoms with Crippen LogP contribution in [-0.4, -0.2) is 32.5 Å². The van der Waals surface area contributed by atoms with Gasteiger partial charge in [0.05, 0.1) is 12.9 Å². The Morgan fingerprint density at radius 1 is 1.35 bits per heavy atom. The molecule has 0 amide bonds. The van der Waals surface area contributed by atoms with Crippen LogP contribution in [0.3, 0.4) is 0 Å². The molecule has 3 heteroatoms. The highest BCUT2D eigenvalue weighted by Crippen LogP contribution is 2.25. The van der Waals surface area contributed by atoms with E-state index in [1.807, 2.05) is 6.34 Å². The molecule has 0 aliphatic carbocycles. The van der Waals surface area contributed by atoms with Crippen LogP contribution in [0.25, 0.3) is 0 Å². The standard InChI is InChI=1S/C14H19N3/c1-2-4-14(17-8-7-16-11-17)13(3-1)9-12-5-6-15-10-12/h1-4,11-12,15H,5-10H2. The van der Waals surface area contributed by atoms with Crippen LogP contribution in [0, 0.1) is 5.92 Å². The maximum absolute atomic E-state index is 4.30. The molecule has 0 aromatic heterocycles. The van der Waals surface area contributed by atoms with Gasteiger partial charge in [-0.2, -0.15) is 0 Å². The molecule has 3 nitrogen and oxygen atoms in total. The SMILES string of the molecule is C1=NCCN1c1ccccc1CC1CCNC1. The number of hydrogen-bond acceptors (Lipinski definition) is 3. The molecule has 1 unspecified atom stereocenters. The van der Waals surface area contributed by atoms with Crippen molar-refractivity contribution in [2.75, 3.05) is 31.1 Å². The van der Waals surface area contributed by atoms with Crippen molar-refractivity contribution in [2.45, 2.75) is 12.8 Å². The lowest BCUT2D eigenvalue weighted by Crippen LogP contribution is -2.20. The minimum Gasteiger partial charge on any atom is -0.331 e. The molecule has 90 valence electrons. The average Bonchev–Trinajstić information content (AvgIpc) is 3.01. The van der Waals surface area contributed by atoms with Crippen molar-refractivity contribution >= 4 is 12.0 Å². The fourth-order valence-electron chi connectivity index (χ4n) is 2.73. The summed E-state index contributed by atoms with van der Waals surface area (Å²) in [7, 11) is 0. The van der Waals surface area contributed by atoms with E-state index in [4.69, 9.17) is 0 Å². The maximum atomic E-state index is 4.30. The van der Waals surface area contributed by atoms with Gasteiger partial charge >= 0.3 is 0 Å². The van der Waals surface area contributed by atoms with Gasteiger partial charge in [0.2, 0.25) is 0 Å². The fraction of sp³-hybridized carbons (Fsp3) is 0.500. The summed E-state index contributed by atoms with van der Waals surface area (Å²) in [6.45, 7) is 4.31. The predicted molar refractivity (Wildman–Crippen MR) is 71.8 cm³/mol. The van der Waals surface area contributed by atoms with Gasteiger partial charge in [-0.15, -0.1) is 0 Å². The van der Waals surface area contributed by atoms with E-state index >= 15 is 0 Å². The van der Waals surface area contributed by atoms with Crippen LogP contribution >= 0.6 is 0 Å². The number of aliphatic imine (C=N–C) groups is 1. The molecule has 1 N–H and O–H groups in total. The number of hydrogen-bond donors (Lipinski definition) is 1. The summed E-state index contributed by atoms with van der Waals surface area (Å²) in [5.41, 5.74) is 2.82. The number of nitrogens with zero attached hydrogens (tertiary/aromatic N) is 2. The molecule has 1 fully saturated rings. The molecule has 3 rings (SSSR count). The Bertz CT molecular complexity index is 408. The van der Waals surface area contributed by atoms with Gasteiger partial charge in [-0.05, 0) is 43.5 Å². The zero-order chi connectivity index (χ0) is 11.5. The van der Waals surface area contributed by atoms with Crippen LogP contribution in [0.4, 0.5) is 5.69 Å². The smallest absolute Gasteiger partial charge is 0.0895 e. The van der Waals surface area contributed by atoms with Gasteiger partial charge in [0.1, 0.15) is 0 Å². The lowest BCUT2D eigenvalue weighted by atomic mass is 9.97. The van der Waals surface area contributed by atoms with Gasteiger partial charge < -0.3 is 10.2 Å². The van der Waals surface area contributed by atoms with Gasteiger partial charge in [0.15, 0.2) is 0 Å². The van der Waals surface area contributed by atoms with E-state index in [0.717, 1.165) is 19.0 Å². The number of benzene rings is 1. The second-order valence-electron chi connectivity index (χ2n) is 4.91. The highest BCUT2D eigenvalue weighted by Gasteiger charge is 2.18. The van der Waals surface area contributed by atoms with Crippen molar-refractivity contribution in [3.63, 3.8) is 0 Å². The molecule has 1 aromatic rings. The molecule has 0 spiro atoms. The Morgan fingerprint density at radius 3 is 3.06 bits per heavy atom. The zero-order valence-corrected chi connectivity index (χ0v) is 10.1. The highest BCUT2D eigenvalue weighted by atomic mass is 15.2. The third-order valence-corrected chi connectivity index (χ3v) is 3.66. The van der Waals surface area contributed by atoms with Crippen LogP contribution < -0.4 is 10.2 Å². The summed E-state index contributed by atoms with van der Waals surface area (Å²) < 4.78 is 0. The van der Waals surface area contributed by atoms with Crippen LogP contribution in [0.15, 0.2) is 29.3 Å². The van der Waals surface area contributed by atoms with Crippen molar-refractivity contribution in [2.24, 2.45) is 10.9 Å². The van der Waals surface area contributed by atoms with Crippen molar-refractivity contribution in [1.29, 1.82) is 0 Å². The summed E-state index contributed by atoms with van der Waals surface area (Å²) in [5.74, 6) is 0.802. The summed E-state index contributed by atoms with van der Waals surface area (Å²) in [5, 5.41) is 3.44. The molecule has 17 heavy (non-hydrogen) atoms. The number of anilines is 1. The Labute approximate surface area is 103 Å². The molecule has 0 radical (unpaired) electrons. The first-order chi connectivity index (χ1) is 8.43. The van der Waals surface area contributed by atoms with Crippen molar-refractivity contribution in [1.82, 2.24) is 5.32 Å². The van der Waals surface area contributed by atoms with Crippen molar-refractivity contribution in [3.05, 3.63) is 29.8 Å². The summed E-state index contributed by atoms with van der Waals surface area (Å²) >= 11 is 0. The number of nitrogens with one attached hydrogen (secondary N) is 1. The lowest BCUT2D eigenvalue weighted by Gasteiger charge is -2.20. The van der Waals surface area contributed by atoms with Gasteiger partial charge in [0.25, 0.3) is 0 Å². The molecule has 2 aliphatic rings. The first kappa shape index (κ1) is 10.8. The lowest BCUT2D eigenvalue weighted by molar-refractivity contribution is 0.580. The predicted octanol–water partition coefficient (Wildman–Crippen LogP) is 1.69. The van der Waals surface area contributed by atoms with Crippen LogP contribution in [0.1, 0.15) is 12.0 Å². The molecule has 1 atom stereocenters. The van der Waals surface area contributed by atoms with Crippen molar-refractivity contribution in [3.8, 4) is 0 Å². The third-order valence-electron chi connectivity index (χ3n) is 3.66. The first-order valence-electron chi connectivity index (χ1n) is 6.49. The molecule has 1 aromatic carbocycles. The van der Waals surface area contributed by atoms with Gasteiger partial charge in [0, 0.05) is 12.2 Å². The van der Waals surface area contributed by atoms with E-state index in [1.54, 1.807) is 0 Å². The van der Waals surface area contributed by atoms with Crippen molar-refractivity contribution < 1.29 is 0 Å². The largest absolute Gasteiger partial charge is 0.331 e. The molecule has 0 saturated carbocycles. The summed E-state index contributed by atoms with van der Waals surface area (Å²) in [6, 6.07) is 8.75. The average molecular weight is 229 g/mol. The van der Waals surface area contributed by atoms with Gasteiger partial charge in [-0.1, -0.05) is 18.2 Å². The molecular weight excluding hydrogens is 210 g/mol. The second kappa shape index (κ2) is 4.88. The van der Waals surface area contributed by atoms with E-state index < -0.39 is 0 Å². The normalized spacial score (nSPS) is 23.5. The molecule has 0 bridgehead atoms. The van der Waals surface area contributed by atoms with Crippen LogP contribution in [0.2, 0.25) is 0 Å². The van der Waals surface area contributed by atoms with E-state index in [-0.39, 0.29) is 0 Å². The second-order valence-corrected chi connectivity index (χ2v) is 4.91. The fourth-order valence-corrected chi connectivity index (χ4v) is 2.73. The topological polar surface area (TPSA) is 27.6 Å². The molecular formula is C14H19N3. The maximum Gasteiger partial charge on any atom is 0.0895 e. The molecule has 2 heterocycles. The Balaban J connectivity index is 1.79.